The van der Waals surface area contributed by atoms with Crippen molar-refractivity contribution in [2.45, 2.75) is 44.7 Å². The molecule has 18 heavy (non-hydrogen) atoms. The lowest BCUT2D eigenvalue weighted by atomic mass is 10.1. The Labute approximate surface area is 113 Å². The minimum Gasteiger partial charge on any atom is -0.459 e. The Balaban J connectivity index is 2.56. The van der Waals surface area contributed by atoms with Crippen LogP contribution in [0.3, 0.4) is 0 Å². The molecule has 4 heteroatoms. The maximum absolute atomic E-state index is 11.6. The number of esters is 1. The zero-order valence-electron chi connectivity index (χ0n) is 11.4. The van der Waals surface area contributed by atoms with E-state index in [2.05, 4.69) is 6.07 Å². The Kier molecular flexibility index (Phi) is 5.23. The van der Waals surface area contributed by atoms with Crippen LogP contribution in [-0.4, -0.2) is 17.3 Å². The fourth-order valence-electron chi connectivity index (χ4n) is 1.51. The maximum Gasteiger partial charge on any atom is 0.316 e. The molecule has 0 radical (unpaired) electrons. The van der Waals surface area contributed by atoms with Gasteiger partial charge in [0.25, 0.3) is 0 Å². The summed E-state index contributed by atoms with van der Waals surface area (Å²) < 4.78 is 5.26. The highest BCUT2D eigenvalue weighted by atomic mass is 32.2. The number of benzene rings is 1. The Morgan fingerprint density at radius 2 is 2.06 bits per heavy atom. The number of nitrogens with two attached hydrogens (primary N) is 1. The summed E-state index contributed by atoms with van der Waals surface area (Å²) in [7, 11) is 0. The van der Waals surface area contributed by atoms with Crippen molar-refractivity contribution < 1.29 is 9.53 Å². The van der Waals surface area contributed by atoms with Crippen LogP contribution in [0.4, 0.5) is 0 Å². The number of ether oxygens (including phenoxy) is 1. The molecule has 0 aliphatic rings. The van der Waals surface area contributed by atoms with Crippen molar-refractivity contribution in [3.8, 4) is 0 Å². The van der Waals surface area contributed by atoms with Crippen LogP contribution in [0, 0.1) is 6.92 Å². The highest BCUT2D eigenvalue weighted by Crippen LogP contribution is 2.24. The first kappa shape index (κ1) is 15.1. The average Bonchev–Trinajstić information content (AvgIpc) is 2.25. The predicted octanol–water partition coefficient (Wildman–Crippen LogP) is 2.89. The quantitative estimate of drug-likeness (QED) is 0.673. The molecule has 0 fully saturated rings. The smallest absolute Gasteiger partial charge is 0.316 e. The van der Waals surface area contributed by atoms with Gasteiger partial charge >= 0.3 is 5.97 Å². The third kappa shape index (κ3) is 5.10. The van der Waals surface area contributed by atoms with Gasteiger partial charge < -0.3 is 10.5 Å². The van der Waals surface area contributed by atoms with E-state index < -0.39 is 5.60 Å². The van der Waals surface area contributed by atoms with Crippen LogP contribution in [0.2, 0.25) is 0 Å². The van der Waals surface area contributed by atoms with E-state index in [0.717, 1.165) is 16.0 Å². The molecule has 1 aromatic rings. The van der Waals surface area contributed by atoms with Gasteiger partial charge in [0.2, 0.25) is 0 Å². The summed E-state index contributed by atoms with van der Waals surface area (Å²) in [5.41, 5.74) is 7.41. The second-order valence-electron chi connectivity index (χ2n) is 5.18. The lowest BCUT2D eigenvalue weighted by Crippen LogP contribution is -2.24. The van der Waals surface area contributed by atoms with Gasteiger partial charge in [-0.05, 0) is 44.9 Å². The van der Waals surface area contributed by atoms with E-state index in [1.807, 2.05) is 39.8 Å². The Bertz CT molecular complexity index is 424. The number of carbonyl (C=O) groups excluding carboxylic acids is 1. The first-order valence-electron chi connectivity index (χ1n) is 5.96. The number of hydrogen-bond acceptors (Lipinski definition) is 4. The molecule has 0 aliphatic heterocycles. The summed E-state index contributed by atoms with van der Waals surface area (Å²) in [6.07, 6.45) is 0. The average molecular weight is 267 g/mol. The third-order valence-electron chi connectivity index (χ3n) is 2.24. The number of thioether (sulfide) groups is 1. The summed E-state index contributed by atoms with van der Waals surface area (Å²) in [5.74, 6) is 0.148. The van der Waals surface area contributed by atoms with Crippen LogP contribution in [0.1, 0.15) is 31.9 Å². The fraction of sp³-hybridized carbons (Fsp3) is 0.500. The van der Waals surface area contributed by atoms with Crippen molar-refractivity contribution in [1.82, 2.24) is 0 Å². The van der Waals surface area contributed by atoms with E-state index in [1.165, 1.54) is 11.8 Å². The highest BCUT2D eigenvalue weighted by Gasteiger charge is 2.16. The van der Waals surface area contributed by atoms with E-state index in [4.69, 9.17) is 10.5 Å². The van der Waals surface area contributed by atoms with Crippen LogP contribution >= 0.6 is 11.8 Å². The van der Waals surface area contributed by atoms with E-state index in [9.17, 15) is 4.79 Å². The SMILES string of the molecule is Cc1cc(CN)ccc1SCC(=O)OC(C)(C)C. The molecule has 0 unspecified atom stereocenters. The lowest BCUT2D eigenvalue weighted by molar-refractivity contribution is -0.151. The number of rotatable bonds is 4. The van der Waals surface area contributed by atoms with E-state index in [1.54, 1.807) is 0 Å². The highest BCUT2D eigenvalue weighted by molar-refractivity contribution is 8.00. The zero-order chi connectivity index (χ0) is 13.8. The first-order valence-corrected chi connectivity index (χ1v) is 6.94. The molecular weight excluding hydrogens is 246 g/mol. The van der Waals surface area contributed by atoms with Crippen LogP contribution < -0.4 is 5.73 Å². The Morgan fingerprint density at radius 1 is 1.39 bits per heavy atom. The van der Waals surface area contributed by atoms with Gasteiger partial charge in [0.1, 0.15) is 5.60 Å². The molecule has 0 saturated heterocycles. The molecular formula is C14H21NO2S. The van der Waals surface area contributed by atoms with Crippen LogP contribution in [0.15, 0.2) is 23.1 Å². The molecule has 0 amide bonds. The fourth-order valence-corrected chi connectivity index (χ4v) is 2.29. The van der Waals surface area contributed by atoms with Gasteiger partial charge in [-0.25, -0.2) is 0 Å². The normalized spacial score (nSPS) is 11.4. The van der Waals surface area contributed by atoms with Crippen LogP contribution in [-0.2, 0) is 16.1 Å². The van der Waals surface area contributed by atoms with Crippen molar-refractivity contribution in [2.75, 3.05) is 5.75 Å². The topological polar surface area (TPSA) is 52.3 Å². The number of aryl methyl sites for hydroxylation is 1. The van der Waals surface area contributed by atoms with Gasteiger partial charge in [0.05, 0.1) is 5.75 Å². The second kappa shape index (κ2) is 6.25. The molecule has 0 bridgehead atoms. The van der Waals surface area contributed by atoms with Crippen molar-refractivity contribution in [1.29, 1.82) is 0 Å². The Hall–Kier alpha value is -1.00. The van der Waals surface area contributed by atoms with Gasteiger partial charge in [-0.3, -0.25) is 4.79 Å². The van der Waals surface area contributed by atoms with E-state index >= 15 is 0 Å². The summed E-state index contributed by atoms with van der Waals surface area (Å²) in [4.78, 5) is 12.7. The van der Waals surface area contributed by atoms with Crippen molar-refractivity contribution in [3.05, 3.63) is 29.3 Å². The van der Waals surface area contributed by atoms with E-state index in [-0.39, 0.29) is 5.97 Å². The molecule has 0 saturated carbocycles. The first-order chi connectivity index (χ1) is 8.31. The van der Waals surface area contributed by atoms with Gasteiger partial charge in [0, 0.05) is 11.4 Å². The van der Waals surface area contributed by atoms with Crippen molar-refractivity contribution in [2.24, 2.45) is 5.73 Å². The van der Waals surface area contributed by atoms with Crippen molar-refractivity contribution in [3.63, 3.8) is 0 Å². The minimum atomic E-state index is -0.421. The predicted molar refractivity (Wildman–Crippen MR) is 75.6 cm³/mol. The third-order valence-corrected chi connectivity index (χ3v) is 3.39. The second-order valence-corrected chi connectivity index (χ2v) is 6.20. The summed E-state index contributed by atoms with van der Waals surface area (Å²) in [6.45, 7) is 8.18. The monoisotopic (exact) mass is 267 g/mol. The molecule has 0 spiro atoms. The molecule has 0 aliphatic carbocycles. The molecule has 0 aromatic heterocycles. The zero-order valence-corrected chi connectivity index (χ0v) is 12.3. The Morgan fingerprint density at radius 3 is 2.56 bits per heavy atom. The molecule has 1 aromatic carbocycles. The van der Waals surface area contributed by atoms with Gasteiger partial charge in [-0.2, -0.15) is 0 Å². The van der Waals surface area contributed by atoms with Crippen LogP contribution in [0.25, 0.3) is 0 Å². The molecule has 3 nitrogen and oxygen atoms in total. The van der Waals surface area contributed by atoms with Crippen LogP contribution in [0.5, 0.6) is 0 Å². The lowest BCUT2D eigenvalue weighted by Gasteiger charge is -2.19. The molecule has 100 valence electrons. The van der Waals surface area contributed by atoms with Gasteiger partial charge in [0.15, 0.2) is 0 Å². The van der Waals surface area contributed by atoms with E-state index in [0.29, 0.717) is 12.3 Å². The van der Waals surface area contributed by atoms with Crippen molar-refractivity contribution >= 4 is 17.7 Å². The molecule has 2 N–H and O–H groups in total. The summed E-state index contributed by atoms with van der Waals surface area (Å²) in [6, 6.07) is 6.05. The number of carbonyl (C=O) groups is 1. The molecule has 0 heterocycles. The largest absolute Gasteiger partial charge is 0.459 e. The summed E-state index contributed by atoms with van der Waals surface area (Å²) in [5, 5.41) is 0. The minimum absolute atomic E-state index is 0.185. The molecule has 0 atom stereocenters. The molecule has 1 rings (SSSR count). The van der Waals surface area contributed by atoms with Gasteiger partial charge in [-0.15, -0.1) is 11.8 Å². The van der Waals surface area contributed by atoms with Gasteiger partial charge in [-0.1, -0.05) is 12.1 Å². The number of hydrogen-bond donors (Lipinski definition) is 1. The maximum atomic E-state index is 11.6. The summed E-state index contributed by atoms with van der Waals surface area (Å²) >= 11 is 1.50. The standard InChI is InChI=1S/C14H21NO2S/c1-10-7-11(8-15)5-6-12(10)18-9-13(16)17-14(2,3)4/h5-7H,8-9,15H2,1-4H3.